The number of rotatable bonds is 2. The lowest BCUT2D eigenvalue weighted by Crippen LogP contribution is -2.18. The van der Waals surface area contributed by atoms with Crippen molar-refractivity contribution in [1.82, 2.24) is 15.0 Å². The number of anilines is 1. The van der Waals surface area contributed by atoms with Gasteiger partial charge in [-0.2, -0.15) is 0 Å². The van der Waals surface area contributed by atoms with Crippen LogP contribution in [0.4, 0.5) is 5.82 Å². The van der Waals surface area contributed by atoms with E-state index in [1.54, 1.807) is 0 Å². The zero-order valence-electron chi connectivity index (χ0n) is 8.48. The van der Waals surface area contributed by atoms with Crippen LogP contribution in [0.25, 0.3) is 0 Å². The zero-order chi connectivity index (χ0) is 12.3. The Morgan fingerprint density at radius 3 is 2.76 bits per heavy atom. The number of pyridine rings is 1. The fourth-order valence-corrected chi connectivity index (χ4v) is 1.35. The maximum atomic E-state index is 11.7. The molecule has 0 fully saturated rings. The highest BCUT2D eigenvalue weighted by molar-refractivity contribution is 9.10. The summed E-state index contributed by atoms with van der Waals surface area (Å²) in [5, 5.41) is 2.51. The average Bonchev–Trinajstić information content (AvgIpc) is 2.32. The largest absolute Gasteiger partial charge is 0.318 e. The van der Waals surface area contributed by atoms with Crippen molar-refractivity contribution in [2.45, 2.75) is 0 Å². The molecule has 0 saturated carbocycles. The van der Waals surface area contributed by atoms with Crippen molar-refractivity contribution in [3.05, 3.63) is 51.2 Å². The van der Waals surface area contributed by atoms with E-state index in [1.807, 2.05) is 0 Å². The van der Waals surface area contributed by atoms with Crippen LogP contribution in [0.1, 0.15) is 10.5 Å². The standard InChI is InChI=1S/C10H7BrN4O2/c11-7-4-13-8(5-12-7)15-10(17)6-2-1-3-9(16)14-6/h1-5H,(H,14,16)(H,13,15,17). The van der Waals surface area contributed by atoms with Gasteiger partial charge in [-0.1, -0.05) is 6.07 Å². The molecule has 0 aliphatic heterocycles. The third kappa shape index (κ3) is 2.97. The van der Waals surface area contributed by atoms with E-state index >= 15 is 0 Å². The summed E-state index contributed by atoms with van der Waals surface area (Å²) in [5.74, 6) is -0.137. The predicted octanol–water partition coefficient (Wildman–Crippen LogP) is 1.18. The van der Waals surface area contributed by atoms with Crippen molar-refractivity contribution >= 4 is 27.7 Å². The molecule has 2 rings (SSSR count). The number of aromatic nitrogens is 3. The molecule has 0 saturated heterocycles. The minimum absolute atomic E-state index is 0.169. The topological polar surface area (TPSA) is 87.7 Å². The maximum Gasteiger partial charge on any atom is 0.273 e. The molecule has 0 spiro atoms. The zero-order valence-corrected chi connectivity index (χ0v) is 10.1. The van der Waals surface area contributed by atoms with E-state index in [1.165, 1.54) is 30.6 Å². The fraction of sp³-hybridized carbons (Fsp3) is 0. The van der Waals surface area contributed by atoms with Crippen LogP contribution < -0.4 is 10.9 Å². The van der Waals surface area contributed by atoms with E-state index < -0.39 is 5.91 Å². The van der Waals surface area contributed by atoms with Gasteiger partial charge >= 0.3 is 0 Å². The number of hydrogen-bond acceptors (Lipinski definition) is 4. The van der Waals surface area contributed by atoms with Gasteiger partial charge in [0.15, 0.2) is 5.82 Å². The number of H-pyrrole nitrogens is 1. The molecule has 7 heteroatoms. The van der Waals surface area contributed by atoms with E-state index in [4.69, 9.17) is 0 Å². The number of nitrogens with one attached hydrogen (secondary N) is 2. The van der Waals surface area contributed by atoms with Crippen molar-refractivity contribution in [2.75, 3.05) is 5.32 Å². The Balaban J connectivity index is 2.17. The smallest absolute Gasteiger partial charge is 0.273 e. The highest BCUT2D eigenvalue weighted by atomic mass is 79.9. The first-order valence-electron chi connectivity index (χ1n) is 4.63. The molecule has 0 bridgehead atoms. The summed E-state index contributed by atoms with van der Waals surface area (Å²) in [7, 11) is 0. The van der Waals surface area contributed by atoms with Crippen LogP contribution in [0, 0.1) is 0 Å². The first kappa shape index (κ1) is 11.5. The van der Waals surface area contributed by atoms with Gasteiger partial charge in [0, 0.05) is 6.07 Å². The molecule has 0 aliphatic rings. The molecule has 2 aromatic heterocycles. The highest BCUT2D eigenvalue weighted by Gasteiger charge is 2.07. The van der Waals surface area contributed by atoms with Crippen molar-refractivity contribution < 1.29 is 4.79 Å². The molecule has 2 aromatic rings. The van der Waals surface area contributed by atoms with E-state index in [-0.39, 0.29) is 11.3 Å². The monoisotopic (exact) mass is 294 g/mol. The van der Waals surface area contributed by atoms with Crippen LogP contribution in [0.5, 0.6) is 0 Å². The number of carbonyl (C=O) groups excluding carboxylic acids is 1. The van der Waals surface area contributed by atoms with E-state index in [0.717, 1.165) is 0 Å². The average molecular weight is 295 g/mol. The molecule has 0 atom stereocenters. The van der Waals surface area contributed by atoms with Crippen molar-refractivity contribution in [2.24, 2.45) is 0 Å². The van der Waals surface area contributed by atoms with Gasteiger partial charge < -0.3 is 10.3 Å². The Morgan fingerprint density at radius 1 is 1.29 bits per heavy atom. The molecule has 0 aromatic carbocycles. The van der Waals surface area contributed by atoms with Gasteiger partial charge in [-0.3, -0.25) is 9.59 Å². The van der Waals surface area contributed by atoms with Gasteiger partial charge in [0.25, 0.3) is 5.91 Å². The van der Waals surface area contributed by atoms with Gasteiger partial charge in [-0.15, -0.1) is 0 Å². The second-order valence-corrected chi connectivity index (χ2v) is 3.92. The molecule has 1 amide bonds. The molecular weight excluding hydrogens is 288 g/mol. The second kappa shape index (κ2) is 4.88. The van der Waals surface area contributed by atoms with Gasteiger partial charge in [-0.05, 0) is 22.0 Å². The minimum atomic E-state index is -0.445. The summed E-state index contributed by atoms with van der Waals surface area (Å²) < 4.78 is 0.573. The van der Waals surface area contributed by atoms with Gasteiger partial charge in [0.1, 0.15) is 10.3 Å². The molecule has 0 aliphatic carbocycles. The highest BCUT2D eigenvalue weighted by Crippen LogP contribution is 2.07. The molecule has 2 N–H and O–H groups in total. The molecule has 0 unspecified atom stereocenters. The summed E-state index contributed by atoms with van der Waals surface area (Å²) >= 11 is 3.13. The Labute approximate surface area is 104 Å². The molecule has 2 heterocycles. The lowest BCUT2D eigenvalue weighted by molar-refractivity contribution is 0.102. The molecule has 6 nitrogen and oxygen atoms in total. The Kier molecular flexibility index (Phi) is 3.29. The fourth-order valence-electron chi connectivity index (χ4n) is 1.14. The van der Waals surface area contributed by atoms with Crippen LogP contribution in [0.15, 0.2) is 40.0 Å². The van der Waals surface area contributed by atoms with Gasteiger partial charge in [-0.25, -0.2) is 9.97 Å². The summed E-state index contributed by atoms with van der Waals surface area (Å²) in [6.45, 7) is 0. The molecule has 17 heavy (non-hydrogen) atoms. The van der Waals surface area contributed by atoms with Crippen molar-refractivity contribution in [3.63, 3.8) is 0 Å². The van der Waals surface area contributed by atoms with Gasteiger partial charge in [0.2, 0.25) is 5.56 Å². The summed E-state index contributed by atoms with van der Waals surface area (Å²) in [4.78, 5) is 33.0. The summed E-state index contributed by atoms with van der Waals surface area (Å²) in [6.07, 6.45) is 2.87. The third-order valence-corrected chi connectivity index (χ3v) is 2.28. The number of aromatic amines is 1. The quantitative estimate of drug-likeness (QED) is 0.871. The third-order valence-electron chi connectivity index (χ3n) is 1.87. The van der Waals surface area contributed by atoms with Crippen LogP contribution in [0.3, 0.4) is 0 Å². The maximum absolute atomic E-state index is 11.7. The van der Waals surface area contributed by atoms with Crippen LogP contribution in [0.2, 0.25) is 0 Å². The number of amides is 1. The Bertz CT molecular complexity index is 594. The second-order valence-electron chi connectivity index (χ2n) is 3.11. The molecular formula is C10H7BrN4O2. The van der Waals surface area contributed by atoms with Crippen molar-refractivity contribution in [3.8, 4) is 0 Å². The first-order valence-corrected chi connectivity index (χ1v) is 5.43. The van der Waals surface area contributed by atoms with E-state index in [9.17, 15) is 9.59 Å². The van der Waals surface area contributed by atoms with Crippen molar-refractivity contribution in [1.29, 1.82) is 0 Å². The Hall–Kier alpha value is -2.02. The lowest BCUT2D eigenvalue weighted by Gasteiger charge is -2.03. The normalized spacial score (nSPS) is 9.94. The SMILES string of the molecule is O=C(Nc1cnc(Br)cn1)c1cccc(=O)[nH]1. The van der Waals surface area contributed by atoms with Crippen LogP contribution in [-0.4, -0.2) is 20.9 Å². The molecule has 0 radical (unpaired) electrons. The lowest BCUT2D eigenvalue weighted by atomic mass is 10.3. The van der Waals surface area contributed by atoms with Gasteiger partial charge in [0.05, 0.1) is 12.4 Å². The Morgan fingerprint density at radius 2 is 2.12 bits per heavy atom. The molecule has 86 valence electrons. The predicted molar refractivity (Wildman–Crippen MR) is 64.7 cm³/mol. The number of halogens is 1. The van der Waals surface area contributed by atoms with Crippen LogP contribution >= 0.6 is 15.9 Å². The number of hydrogen-bond donors (Lipinski definition) is 2. The van der Waals surface area contributed by atoms with E-state index in [0.29, 0.717) is 10.4 Å². The number of nitrogens with zero attached hydrogens (tertiary/aromatic N) is 2. The number of carbonyl (C=O) groups is 1. The van der Waals surface area contributed by atoms with E-state index in [2.05, 4.69) is 36.2 Å². The summed E-state index contributed by atoms with van der Waals surface area (Å²) in [5.41, 5.74) is -0.165. The van der Waals surface area contributed by atoms with Crippen LogP contribution in [-0.2, 0) is 0 Å². The first-order chi connectivity index (χ1) is 8.15. The minimum Gasteiger partial charge on any atom is -0.318 e. The summed E-state index contributed by atoms with van der Waals surface area (Å²) in [6, 6.07) is 4.33.